The number of fused-ring (bicyclic) bond motifs is 2. The van der Waals surface area contributed by atoms with Gasteiger partial charge in [0.1, 0.15) is 6.10 Å². The molecule has 0 radical (unpaired) electrons. The van der Waals surface area contributed by atoms with E-state index in [9.17, 15) is 19.8 Å². The van der Waals surface area contributed by atoms with Crippen LogP contribution in [0.15, 0.2) is 22.8 Å². The summed E-state index contributed by atoms with van der Waals surface area (Å²) < 4.78 is 11.0. The molecule has 1 aliphatic heterocycles. The van der Waals surface area contributed by atoms with Crippen molar-refractivity contribution in [3.8, 4) is 0 Å². The molecule has 3 rings (SSSR count). The van der Waals surface area contributed by atoms with Crippen molar-refractivity contribution >= 4 is 11.9 Å². The second-order valence-electron chi connectivity index (χ2n) is 7.96. The summed E-state index contributed by atoms with van der Waals surface area (Å²) in [5.41, 5.74) is 0.725. The van der Waals surface area contributed by atoms with Crippen LogP contribution in [0.1, 0.15) is 47.5 Å². The van der Waals surface area contributed by atoms with Crippen molar-refractivity contribution in [2.45, 2.75) is 65.5 Å². The van der Waals surface area contributed by atoms with Crippen molar-refractivity contribution in [1.29, 1.82) is 0 Å². The summed E-state index contributed by atoms with van der Waals surface area (Å²) in [4.78, 5) is 24.5. The Labute approximate surface area is 147 Å². The summed E-state index contributed by atoms with van der Waals surface area (Å²) in [7, 11) is 0. The van der Waals surface area contributed by atoms with Crippen molar-refractivity contribution in [2.24, 2.45) is 17.3 Å². The minimum Gasteiger partial charge on any atom is -0.456 e. The highest BCUT2D eigenvalue weighted by Crippen LogP contribution is 2.58. The smallest absolute Gasteiger partial charge is 0.336 e. The van der Waals surface area contributed by atoms with Crippen molar-refractivity contribution < 1.29 is 29.3 Å². The van der Waals surface area contributed by atoms with E-state index in [4.69, 9.17) is 9.47 Å². The molecular formula is C19H26O6. The lowest BCUT2D eigenvalue weighted by Gasteiger charge is -2.53. The van der Waals surface area contributed by atoms with E-state index < -0.39 is 35.3 Å². The van der Waals surface area contributed by atoms with E-state index in [0.717, 1.165) is 5.57 Å². The molecule has 0 aromatic carbocycles. The van der Waals surface area contributed by atoms with Crippen molar-refractivity contribution in [3.05, 3.63) is 22.8 Å². The average molecular weight is 350 g/mol. The Morgan fingerprint density at radius 1 is 1.44 bits per heavy atom. The summed E-state index contributed by atoms with van der Waals surface area (Å²) >= 11 is 0. The third-order valence-corrected chi connectivity index (χ3v) is 6.16. The summed E-state index contributed by atoms with van der Waals surface area (Å²) in [5, 5.41) is 21.4. The summed E-state index contributed by atoms with van der Waals surface area (Å²) in [6.07, 6.45) is 1.02. The van der Waals surface area contributed by atoms with Crippen LogP contribution in [0.25, 0.3) is 0 Å². The third-order valence-electron chi connectivity index (χ3n) is 6.16. The lowest BCUT2D eigenvalue weighted by molar-refractivity contribution is -0.201. The van der Waals surface area contributed by atoms with Crippen LogP contribution in [0.5, 0.6) is 0 Å². The van der Waals surface area contributed by atoms with Crippen LogP contribution >= 0.6 is 0 Å². The molecule has 0 aromatic heterocycles. The van der Waals surface area contributed by atoms with Gasteiger partial charge in [0, 0.05) is 17.4 Å². The molecule has 1 saturated carbocycles. The zero-order valence-corrected chi connectivity index (χ0v) is 15.3. The monoisotopic (exact) mass is 350 g/mol. The maximum Gasteiger partial charge on any atom is 0.336 e. The molecule has 6 nitrogen and oxygen atoms in total. The molecular weight excluding hydrogens is 324 g/mol. The number of carbonyl (C=O) groups excluding carboxylic acids is 2. The Kier molecular flexibility index (Phi) is 4.12. The van der Waals surface area contributed by atoms with Crippen LogP contribution in [0, 0.1) is 17.3 Å². The molecule has 3 aliphatic rings. The SMILES string of the molecule is CC1=C2[C@@H](OC(=O)C(C)C)[C@@]3(C)C(=CC[C@H](O)[C@@H]3C)C[C@@]2(O)OC1=O. The maximum absolute atomic E-state index is 12.4. The molecule has 5 atom stereocenters. The molecule has 1 fully saturated rings. The van der Waals surface area contributed by atoms with E-state index in [0.29, 0.717) is 12.0 Å². The molecule has 6 heteroatoms. The van der Waals surface area contributed by atoms with Gasteiger partial charge in [0.25, 0.3) is 0 Å². The first-order chi connectivity index (χ1) is 11.5. The minimum absolute atomic E-state index is 0.134. The number of hydrogen-bond acceptors (Lipinski definition) is 6. The summed E-state index contributed by atoms with van der Waals surface area (Å²) in [6, 6.07) is 0. The normalized spacial score (nSPS) is 40.4. The lowest BCUT2D eigenvalue weighted by Crippen LogP contribution is -2.58. The van der Waals surface area contributed by atoms with Gasteiger partial charge in [0.2, 0.25) is 5.79 Å². The van der Waals surface area contributed by atoms with Gasteiger partial charge >= 0.3 is 11.9 Å². The second-order valence-corrected chi connectivity index (χ2v) is 7.96. The van der Waals surface area contributed by atoms with E-state index in [1.54, 1.807) is 20.8 Å². The number of aliphatic hydroxyl groups excluding tert-OH is 1. The van der Waals surface area contributed by atoms with Gasteiger partial charge in [-0.15, -0.1) is 0 Å². The summed E-state index contributed by atoms with van der Waals surface area (Å²) in [6.45, 7) is 8.87. The highest BCUT2D eigenvalue weighted by molar-refractivity contribution is 5.93. The number of aliphatic hydroxyl groups is 2. The maximum atomic E-state index is 12.4. The second kappa shape index (κ2) is 5.68. The number of rotatable bonds is 2. The van der Waals surface area contributed by atoms with Crippen molar-refractivity contribution in [2.75, 3.05) is 0 Å². The standard InChI is InChI=1S/C19H26O6/c1-9(2)16(21)24-15-14-10(3)17(22)25-19(14,23)8-12-6-7-13(20)11(4)18(12,15)5/h6,9,11,13,15,20,23H,7-8H2,1-5H3/t11-,13-,15+,18+,19+/m0/s1. The number of ether oxygens (including phenoxy) is 2. The topological polar surface area (TPSA) is 93.1 Å². The van der Waals surface area contributed by atoms with Crippen LogP contribution < -0.4 is 0 Å². The largest absolute Gasteiger partial charge is 0.456 e. The fourth-order valence-electron chi connectivity index (χ4n) is 4.26. The predicted octanol–water partition coefficient (Wildman–Crippen LogP) is 1.85. The molecule has 0 aromatic rings. The Morgan fingerprint density at radius 3 is 2.68 bits per heavy atom. The number of hydrogen-bond donors (Lipinski definition) is 2. The van der Waals surface area contributed by atoms with Crippen LogP contribution in [-0.2, 0) is 19.1 Å². The lowest BCUT2D eigenvalue weighted by atomic mass is 9.55. The molecule has 2 aliphatic carbocycles. The Morgan fingerprint density at radius 2 is 2.08 bits per heavy atom. The zero-order valence-electron chi connectivity index (χ0n) is 15.3. The van der Waals surface area contributed by atoms with E-state index in [1.807, 2.05) is 19.9 Å². The first-order valence-corrected chi connectivity index (χ1v) is 8.77. The van der Waals surface area contributed by atoms with Gasteiger partial charge in [0.05, 0.1) is 17.6 Å². The molecule has 0 spiro atoms. The zero-order chi connectivity index (χ0) is 18.7. The van der Waals surface area contributed by atoms with Gasteiger partial charge in [-0.1, -0.05) is 39.3 Å². The molecule has 0 unspecified atom stereocenters. The van der Waals surface area contributed by atoms with Gasteiger partial charge in [-0.05, 0) is 19.3 Å². The number of esters is 2. The number of carbonyl (C=O) groups is 2. The fourth-order valence-corrected chi connectivity index (χ4v) is 4.26. The Bertz CT molecular complexity index is 690. The molecule has 2 N–H and O–H groups in total. The van der Waals surface area contributed by atoms with Crippen molar-refractivity contribution in [1.82, 2.24) is 0 Å². The van der Waals surface area contributed by atoms with Gasteiger partial charge in [0.15, 0.2) is 0 Å². The summed E-state index contributed by atoms with van der Waals surface area (Å²) in [5.74, 6) is -3.36. The van der Waals surface area contributed by atoms with Crippen molar-refractivity contribution in [3.63, 3.8) is 0 Å². The Balaban J connectivity index is 2.18. The molecule has 0 saturated heterocycles. The average Bonchev–Trinajstić information content (AvgIpc) is 2.75. The van der Waals surface area contributed by atoms with Crippen LogP contribution in [0.2, 0.25) is 0 Å². The van der Waals surface area contributed by atoms with Gasteiger partial charge < -0.3 is 19.7 Å². The fraction of sp³-hybridized carbons (Fsp3) is 0.684. The molecule has 1 heterocycles. The van der Waals surface area contributed by atoms with Gasteiger partial charge in [-0.25, -0.2) is 4.79 Å². The molecule has 25 heavy (non-hydrogen) atoms. The van der Waals surface area contributed by atoms with E-state index in [1.165, 1.54) is 0 Å². The first-order valence-electron chi connectivity index (χ1n) is 8.77. The highest BCUT2D eigenvalue weighted by Gasteiger charge is 2.63. The van der Waals surface area contributed by atoms with E-state index in [-0.39, 0.29) is 23.8 Å². The van der Waals surface area contributed by atoms with E-state index >= 15 is 0 Å². The minimum atomic E-state index is -1.78. The first kappa shape index (κ1) is 18.1. The predicted molar refractivity (Wildman–Crippen MR) is 89.1 cm³/mol. The molecule has 0 amide bonds. The van der Waals surface area contributed by atoms with Gasteiger partial charge in [-0.2, -0.15) is 0 Å². The van der Waals surface area contributed by atoms with E-state index in [2.05, 4.69) is 0 Å². The Hall–Kier alpha value is -1.66. The molecule has 0 bridgehead atoms. The van der Waals surface area contributed by atoms with Crippen LogP contribution in [0.3, 0.4) is 0 Å². The van der Waals surface area contributed by atoms with Crippen LogP contribution in [-0.4, -0.2) is 40.1 Å². The quantitative estimate of drug-likeness (QED) is 0.583. The third kappa shape index (κ3) is 2.46. The molecule has 138 valence electrons. The van der Waals surface area contributed by atoms with Gasteiger partial charge in [-0.3, -0.25) is 4.79 Å². The van der Waals surface area contributed by atoms with Crippen LogP contribution in [0.4, 0.5) is 0 Å². The highest BCUT2D eigenvalue weighted by atomic mass is 16.7.